The van der Waals surface area contributed by atoms with Crippen molar-refractivity contribution in [2.75, 3.05) is 13.6 Å². The number of hydroxylamine groups is 3. The fourth-order valence-electron chi connectivity index (χ4n) is 2.36. The zero-order valence-corrected chi connectivity index (χ0v) is 9.70. The van der Waals surface area contributed by atoms with Gasteiger partial charge in [0, 0.05) is 17.0 Å². The van der Waals surface area contributed by atoms with E-state index in [1.165, 1.54) is 0 Å². The van der Waals surface area contributed by atoms with Gasteiger partial charge in [0.05, 0.1) is 13.6 Å². The lowest BCUT2D eigenvalue weighted by atomic mass is 9.95. The predicted molar refractivity (Wildman–Crippen MR) is 62.5 cm³/mol. The van der Waals surface area contributed by atoms with Crippen molar-refractivity contribution >= 4 is 11.6 Å². The van der Waals surface area contributed by atoms with E-state index >= 15 is 0 Å². The maximum Gasteiger partial charge on any atom is 0.114 e. The lowest BCUT2D eigenvalue weighted by Crippen LogP contribution is -2.44. The second kappa shape index (κ2) is 4.12. The third kappa shape index (κ3) is 2.33. The largest absolute Gasteiger partial charge is 0.633 e. The van der Waals surface area contributed by atoms with Crippen LogP contribution in [-0.4, -0.2) is 18.2 Å². The number of hydrogen-bond donors (Lipinski definition) is 0. The molecule has 0 radical (unpaired) electrons. The van der Waals surface area contributed by atoms with Gasteiger partial charge in [-0.15, -0.1) is 0 Å². The Kier molecular flexibility index (Phi) is 3.01. The first kappa shape index (κ1) is 10.9. The molecule has 0 aromatic heterocycles. The summed E-state index contributed by atoms with van der Waals surface area (Å²) >= 11 is 5.84. The van der Waals surface area contributed by atoms with Gasteiger partial charge in [-0.25, -0.2) is 0 Å². The van der Waals surface area contributed by atoms with Crippen LogP contribution in [0.5, 0.6) is 0 Å². The van der Waals surface area contributed by atoms with Crippen LogP contribution in [0.1, 0.15) is 30.9 Å². The number of piperidine rings is 1. The Hall–Kier alpha value is -0.570. The molecule has 1 aromatic carbocycles. The van der Waals surface area contributed by atoms with E-state index in [1.807, 2.05) is 24.3 Å². The molecule has 1 fully saturated rings. The minimum atomic E-state index is -0.137. The van der Waals surface area contributed by atoms with Gasteiger partial charge in [-0.05, 0) is 25.0 Å². The summed E-state index contributed by atoms with van der Waals surface area (Å²) in [5.74, 6) is 0. The fraction of sp³-hybridized carbons (Fsp3) is 0.500. The van der Waals surface area contributed by atoms with E-state index in [1.54, 1.807) is 7.05 Å². The molecule has 1 saturated heterocycles. The molecule has 0 N–H and O–H groups in total. The normalized spacial score (nSPS) is 31.5. The molecule has 1 heterocycles. The van der Waals surface area contributed by atoms with Gasteiger partial charge in [-0.3, -0.25) is 0 Å². The van der Waals surface area contributed by atoms with Crippen LogP contribution in [0.2, 0.25) is 5.02 Å². The van der Waals surface area contributed by atoms with E-state index in [-0.39, 0.29) is 10.7 Å². The molecule has 1 aliphatic heterocycles. The summed E-state index contributed by atoms with van der Waals surface area (Å²) in [5.41, 5.74) is 1.12. The van der Waals surface area contributed by atoms with Gasteiger partial charge in [-0.2, -0.15) is 0 Å². The second-order valence-electron chi connectivity index (χ2n) is 4.46. The first-order chi connectivity index (χ1) is 7.09. The maximum atomic E-state index is 12.2. The number of benzene rings is 1. The number of rotatable bonds is 1. The average molecular weight is 226 g/mol. The summed E-state index contributed by atoms with van der Waals surface area (Å²) < 4.78 is -0.137. The van der Waals surface area contributed by atoms with Crippen LogP contribution in [0, 0.1) is 5.21 Å². The van der Waals surface area contributed by atoms with Crippen molar-refractivity contribution < 1.29 is 4.65 Å². The Morgan fingerprint density at radius 2 is 1.93 bits per heavy atom. The third-order valence-corrected chi connectivity index (χ3v) is 3.50. The Bertz CT molecular complexity index is 334. The van der Waals surface area contributed by atoms with Gasteiger partial charge in [0.2, 0.25) is 0 Å². The molecule has 0 aliphatic carbocycles. The molecule has 2 unspecified atom stereocenters. The quantitative estimate of drug-likeness (QED) is 0.530. The highest BCUT2D eigenvalue weighted by Gasteiger charge is 2.29. The van der Waals surface area contributed by atoms with Crippen molar-refractivity contribution in [1.82, 2.24) is 0 Å². The van der Waals surface area contributed by atoms with Crippen molar-refractivity contribution in [3.05, 3.63) is 40.1 Å². The molecule has 1 aromatic rings. The van der Waals surface area contributed by atoms with Crippen LogP contribution >= 0.6 is 11.6 Å². The zero-order chi connectivity index (χ0) is 10.9. The highest BCUT2D eigenvalue weighted by molar-refractivity contribution is 6.30. The van der Waals surface area contributed by atoms with Crippen LogP contribution in [0.15, 0.2) is 24.3 Å². The molecule has 2 nitrogen and oxygen atoms in total. The number of hydrogen-bond acceptors (Lipinski definition) is 1. The molecule has 1 aliphatic rings. The molecular formula is C12H16ClNO. The number of likely N-dealkylation sites (tertiary alicyclic amines) is 1. The van der Waals surface area contributed by atoms with Crippen LogP contribution in [0.3, 0.4) is 0 Å². The lowest BCUT2D eigenvalue weighted by Gasteiger charge is -2.48. The minimum Gasteiger partial charge on any atom is -0.633 e. The van der Waals surface area contributed by atoms with Gasteiger partial charge in [0.25, 0.3) is 0 Å². The van der Waals surface area contributed by atoms with Gasteiger partial charge >= 0.3 is 0 Å². The molecule has 0 saturated carbocycles. The highest BCUT2D eigenvalue weighted by Crippen LogP contribution is 2.35. The van der Waals surface area contributed by atoms with Gasteiger partial charge in [0.1, 0.15) is 6.04 Å². The molecular weight excluding hydrogens is 210 g/mol. The lowest BCUT2D eigenvalue weighted by molar-refractivity contribution is -0.898. The number of quaternary nitrogens is 1. The Morgan fingerprint density at radius 3 is 2.53 bits per heavy atom. The summed E-state index contributed by atoms with van der Waals surface area (Å²) in [6.07, 6.45) is 3.19. The van der Waals surface area contributed by atoms with Gasteiger partial charge in [0.15, 0.2) is 0 Å². The van der Waals surface area contributed by atoms with Crippen molar-refractivity contribution in [2.24, 2.45) is 0 Å². The Morgan fingerprint density at radius 1 is 1.27 bits per heavy atom. The SMILES string of the molecule is C[N+]1([O-])CCCCC1c1ccc(Cl)cc1. The average Bonchev–Trinajstić information content (AvgIpc) is 2.19. The van der Waals surface area contributed by atoms with Crippen molar-refractivity contribution in [2.45, 2.75) is 25.3 Å². The van der Waals surface area contributed by atoms with Crippen LogP contribution in [-0.2, 0) is 0 Å². The first-order valence-electron chi connectivity index (χ1n) is 5.41. The smallest absolute Gasteiger partial charge is 0.114 e. The predicted octanol–water partition coefficient (Wildman–Crippen LogP) is 3.51. The highest BCUT2D eigenvalue weighted by atomic mass is 35.5. The Balaban J connectivity index is 2.25. The monoisotopic (exact) mass is 225 g/mol. The summed E-state index contributed by atoms with van der Waals surface area (Å²) in [4.78, 5) is 0. The molecule has 3 heteroatoms. The fourth-order valence-corrected chi connectivity index (χ4v) is 2.49. The van der Waals surface area contributed by atoms with Gasteiger partial charge in [-0.1, -0.05) is 23.7 Å². The third-order valence-electron chi connectivity index (χ3n) is 3.24. The summed E-state index contributed by atoms with van der Waals surface area (Å²) in [5, 5.41) is 13.0. The molecule has 2 rings (SSSR count). The van der Waals surface area contributed by atoms with Crippen molar-refractivity contribution in [1.29, 1.82) is 0 Å². The van der Waals surface area contributed by atoms with Crippen LogP contribution < -0.4 is 0 Å². The molecule has 0 bridgehead atoms. The molecule has 0 amide bonds. The molecule has 2 atom stereocenters. The minimum absolute atomic E-state index is 0.0935. The first-order valence-corrected chi connectivity index (χ1v) is 5.79. The number of halogens is 1. The molecule has 0 spiro atoms. The summed E-state index contributed by atoms with van der Waals surface area (Å²) in [7, 11) is 1.78. The van der Waals surface area contributed by atoms with Crippen molar-refractivity contribution in [3.8, 4) is 0 Å². The molecule has 82 valence electrons. The zero-order valence-electron chi connectivity index (χ0n) is 8.95. The summed E-state index contributed by atoms with van der Waals surface area (Å²) in [6, 6.07) is 7.78. The maximum absolute atomic E-state index is 12.2. The van der Waals surface area contributed by atoms with E-state index in [9.17, 15) is 5.21 Å². The van der Waals surface area contributed by atoms with E-state index < -0.39 is 0 Å². The Labute approximate surface area is 95.6 Å². The van der Waals surface area contributed by atoms with Crippen molar-refractivity contribution in [3.63, 3.8) is 0 Å². The second-order valence-corrected chi connectivity index (χ2v) is 4.90. The standard InChI is InChI=1S/C12H16ClNO/c1-14(15)9-3-2-4-12(14)10-5-7-11(13)8-6-10/h5-8,12H,2-4,9H2,1H3. The van der Waals surface area contributed by atoms with Crippen LogP contribution in [0.25, 0.3) is 0 Å². The van der Waals surface area contributed by atoms with Gasteiger partial charge < -0.3 is 9.85 Å². The summed E-state index contributed by atoms with van der Waals surface area (Å²) in [6.45, 7) is 0.729. The van der Waals surface area contributed by atoms with E-state index in [0.717, 1.165) is 36.4 Å². The van der Waals surface area contributed by atoms with Crippen LogP contribution in [0.4, 0.5) is 0 Å². The molecule has 15 heavy (non-hydrogen) atoms. The number of nitrogens with zero attached hydrogens (tertiary/aromatic N) is 1. The van der Waals surface area contributed by atoms with E-state index in [2.05, 4.69) is 0 Å². The van der Waals surface area contributed by atoms with E-state index in [4.69, 9.17) is 11.6 Å². The topological polar surface area (TPSA) is 23.1 Å². The van der Waals surface area contributed by atoms with E-state index in [0.29, 0.717) is 0 Å².